The fraction of sp³-hybridized carbons (Fsp3) is 0.571. The van der Waals surface area contributed by atoms with Crippen LogP contribution in [-0.2, 0) is 22.3 Å². The molecule has 8 nitrogen and oxygen atoms in total. The van der Waals surface area contributed by atoms with Crippen LogP contribution in [0.5, 0.6) is 0 Å². The Balaban J connectivity index is 1.53. The minimum Gasteiger partial charge on any atom is -0.423 e. The molecule has 0 radical (unpaired) electrons. The minimum absolute atomic E-state index is 0.0494. The zero-order valence-corrected chi connectivity index (χ0v) is 16.3. The third-order valence-corrected chi connectivity index (χ3v) is 6.13. The zero-order valence-electron chi connectivity index (χ0n) is 16.3. The Morgan fingerprint density at radius 1 is 1.07 bits per heavy atom. The lowest BCUT2D eigenvalue weighted by molar-refractivity contribution is -0.328. The maximum absolute atomic E-state index is 11.5. The highest BCUT2D eigenvalue weighted by Gasteiger charge is 2.47. The van der Waals surface area contributed by atoms with Gasteiger partial charge in [-0.3, -0.25) is 0 Å². The fourth-order valence-electron chi connectivity index (χ4n) is 4.24. The van der Waals surface area contributed by atoms with Crippen molar-refractivity contribution in [1.29, 1.82) is 0 Å². The molecule has 1 aliphatic carbocycles. The van der Waals surface area contributed by atoms with Crippen LogP contribution in [0.2, 0.25) is 0 Å². The molecule has 6 unspecified atom stereocenters. The Kier molecular flexibility index (Phi) is 5.27. The molecule has 0 bridgehead atoms. The molecule has 1 aromatic heterocycles. The van der Waals surface area contributed by atoms with Crippen LogP contribution in [-0.4, -0.2) is 63.3 Å². The van der Waals surface area contributed by atoms with Crippen LogP contribution in [0.25, 0.3) is 11.0 Å². The van der Waals surface area contributed by atoms with E-state index in [1.54, 1.807) is 6.07 Å². The first-order valence-electron chi connectivity index (χ1n) is 9.73. The van der Waals surface area contributed by atoms with Crippen molar-refractivity contribution in [2.45, 2.75) is 63.0 Å². The van der Waals surface area contributed by atoms with E-state index in [4.69, 9.17) is 13.9 Å². The van der Waals surface area contributed by atoms with Gasteiger partial charge in [0.2, 0.25) is 0 Å². The molecular formula is C21H26O8. The highest BCUT2D eigenvalue weighted by atomic mass is 16.7. The number of aliphatic hydroxyl groups excluding tert-OH is 4. The number of rotatable bonds is 4. The Bertz CT molecular complexity index is 949. The summed E-state index contributed by atoms with van der Waals surface area (Å²) >= 11 is 0. The lowest BCUT2D eigenvalue weighted by Crippen LogP contribution is -2.60. The van der Waals surface area contributed by atoms with E-state index in [2.05, 4.69) is 0 Å². The summed E-state index contributed by atoms with van der Waals surface area (Å²) in [5.41, 5.74) is 1.63. The molecule has 1 fully saturated rings. The van der Waals surface area contributed by atoms with E-state index in [1.807, 2.05) is 26.0 Å². The number of benzene rings is 1. The molecule has 29 heavy (non-hydrogen) atoms. The summed E-state index contributed by atoms with van der Waals surface area (Å²) in [6.45, 7) is 3.26. The quantitative estimate of drug-likeness (QED) is 0.526. The van der Waals surface area contributed by atoms with Gasteiger partial charge in [-0.05, 0) is 61.9 Å². The van der Waals surface area contributed by atoms with Gasteiger partial charge in [0.05, 0.1) is 12.2 Å². The van der Waals surface area contributed by atoms with Crippen LogP contribution < -0.4 is 5.63 Å². The molecule has 158 valence electrons. The van der Waals surface area contributed by atoms with Gasteiger partial charge in [0.1, 0.15) is 30.0 Å². The molecule has 4 rings (SSSR count). The molecule has 1 aromatic carbocycles. The monoisotopic (exact) mass is 406 g/mol. The van der Waals surface area contributed by atoms with Gasteiger partial charge in [-0.25, -0.2) is 4.79 Å². The maximum Gasteiger partial charge on any atom is 0.336 e. The molecule has 1 saturated heterocycles. The molecule has 2 aliphatic rings. The van der Waals surface area contributed by atoms with Gasteiger partial charge >= 0.3 is 5.63 Å². The molecule has 1 aliphatic heterocycles. The van der Waals surface area contributed by atoms with Gasteiger partial charge < -0.3 is 34.3 Å². The molecule has 2 aromatic rings. The fourth-order valence-corrected chi connectivity index (χ4v) is 4.24. The molecule has 8 heteroatoms. The molecule has 6 atom stereocenters. The van der Waals surface area contributed by atoms with E-state index >= 15 is 0 Å². The van der Waals surface area contributed by atoms with Crippen molar-refractivity contribution in [3.8, 4) is 0 Å². The van der Waals surface area contributed by atoms with Gasteiger partial charge in [0.15, 0.2) is 6.29 Å². The van der Waals surface area contributed by atoms with Crippen LogP contribution in [0, 0.1) is 5.92 Å². The van der Waals surface area contributed by atoms with E-state index < -0.39 is 48.5 Å². The van der Waals surface area contributed by atoms with Gasteiger partial charge in [0.25, 0.3) is 0 Å². The third kappa shape index (κ3) is 3.72. The summed E-state index contributed by atoms with van der Waals surface area (Å²) in [6.07, 6.45) is -5.10. The minimum atomic E-state index is -1.48. The Hall–Kier alpha value is -1.81. The van der Waals surface area contributed by atoms with Crippen molar-refractivity contribution in [3.63, 3.8) is 0 Å². The number of ether oxygens (including phenoxy) is 2. The maximum atomic E-state index is 11.5. The summed E-state index contributed by atoms with van der Waals surface area (Å²) in [5, 5.41) is 40.4. The number of hydrogen-bond acceptors (Lipinski definition) is 8. The average molecular weight is 406 g/mol. The third-order valence-electron chi connectivity index (χ3n) is 6.13. The topological polar surface area (TPSA) is 130 Å². The van der Waals surface area contributed by atoms with Crippen molar-refractivity contribution in [2.75, 3.05) is 6.61 Å². The van der Waals surface area contributed by atoms with Crippen molar-refractivity contribution < 1.29 is 34.3 Å². The highest BCUT2D eigenvalue weighted by molar-refractivity contribution is 5.78. The predicted molar refractivity (Wildman–Crippen MR) is 102 cm³/mol. The lowest BCUT2D eigenvalue weighted by atomic mass is 9.87. The summed E-state index contributed by atoms with van der Waals surface area (Å²) < 4.78 is 16.8. The summed E-state index contributed by atoms with van der Waals surface area (Å²) in [5.74, 6) is 0.0494. The molecule has 0 amide bonds. The SMILES string of the molecule is CC(C)(OC1OC(CO)C(O)C(O)C1O)C1Cc2cc3ccc(=O)oc3cc2C1. The smallest absolute Gasteiger partial charge is 0.336 e. The Labute approximate surface area is 167 Å². The molecule has 0 spiro atoms. The molecular weight excluding hydrogens is 380 g/mol. The second-order valence-corrected chi connectivity index (χ2v) is 8.44. The first-order chi connectivity index (χ1) is 13.7. The van der Waals surface area contributed by atoms with Crippen molar-refractivity contribution in [1.82, 2.24) is 0 Å². The molecule has 0 saturated carbocycles. The van der Waals surface area contributed by atoms with E-state index in [-0.39, 0.29) is 5.92 Å². The molecule has 4 N–H and O–H groups in total. The van der Waals surface area contributed by atoms with Crippen LogP contribution in [0.15, 0.2) is 33.5 Å². The van der Waals surface area contributed by atoms with Crippen LogP contribution in [0.4, 0.5) is 0 Å². The van der Waals surface area contributed by atoms with Gasteiger partial charge in [-0.2, -0.15) is 0 Å². The van der Waals surface area contributed by atoms with Gasteiger partial charge in [0, 0.05) is 11.5 Å². The van der Waals surface area contributed by atoms with Crippen molar-refractivity contribution in [2.24, 2.45) is 5.92 Å². The second-order valence-electron chi connectivity index (χ2n) is 8.44. The lowest BCUT2D eigenvalue weighted by Gasteiger charge is -2.44. The van der Waals surface area contributed by atoms with Gasteiger partial charge in [-0.15, -0.1) is 0 Å². The average Bonchev–Trinajstić information content (AvgIpc) is 3.10. The van der Waals surface area contributed by atoms with E-state index in [0.29, 0.717) is 12.0 Å². The van der Waals surface area contributed by atoms with Crippen LogP contribution in [0.3, 0.4) is 0 Å². The summed E-state index contributed by atoms with van der Waals surface area (Å²) in [7, 11) is 0. The van der Waals surface area contributed by atoms with Crippen molar-refractivity contribution in [3.05, 3.63) is 45.8 Å². The largest absolute Gasteiger partial charge is 0.423 e. The van der Waals surface area contributed by atoms with Crippen LogP contribution in [0.1, 0.15) is 25.0 Å². The van der Waals surface area contributed by atoms with E-state index in [0.717, 1.165) is 22.9 Å². The van der Waals surface area contributed by atoms with Crippen LogP contribution >= 0.6 is 0 Å². The highest BCUT2D eigenvalue weighted by Crippen LogP contribution is 2.39. The molecule has 2 heterocycles. The number of fused-ring (bicyclic) bond motifs is 2. The normalized spacial score (nSPS) is 32.5. The van der Waals surface area contributed by atoms with Gasteiger partial charge in [-0.1, -0.05) is 0 Å². The first-order valence-corrected chi connectivity index (χ1v) is 9.73. The Morgan fingerprint density at radius 2 is 1.76 bits per heavy atom. The van der Waals surface area contributed by atoms with E-state index in [1.165, 1.54) is 6.07 Å². The van der Waals surface area contributed by atoms with E-state index in [9.17, 15) is 25.2 Å². The summed E-state index contributed by atoms with van der Waals surface area (Å²) in [6, 6.07) is 7.03. The predicted octanol–water partition coefficient (Wildman–Crippen LogP) is 0.103. The second kappa shape index (κ2) is 7.46. The summed E-state index contributed by atoms with van der Waals surface area (Å²) in [4.78, 5) is 11.5. The Morgan fingerprint density at radius 3 is 2.45 bits per heavy atom. The number of aliphatic hydroxyl groups is 4. The zero-order chi connectivity index (χ0) is 20.9. The van der Waals surface area contributed by atoms with Crippen molar-refractivity contribution >= 4 is 11.0 Å². The first kappa shape index (κ1) is 20.5. The number of hydrogen-bond donors (Lipinski definition) is 4. The standard InChI is InChI=1S/C21H26O8/c1-21(2,29-20-19(26)18(25)17(24)15(9-22)28-20)13-6-11-5-10-3-4-16(23)27-14(10)8-12(11)7-13/h3-5,8,13,15,17-20,22,24-26H,6-7,9H2,1-2H3.